The largest absolute Gasteiger partial charge is 0.477 e. The van der Waals surface area contributed by atoms with Gasteiger partial charge < -0.3 is 4.74 Å². The van der Waals surface area contributed by atoms with Gasteiger partial charge in [-0.3, -0.25) is 0 Å². The van der Waals surface area contributed by atoms with E-state index in [2.05, 4.69) is 26.2 Å². The van der Waals surface area contributed by atoms with Crippen LogP contribution in [0.15, 0.2) is 28.7 Å². The second-order valence-corrected chi connectivity index (χ2v) is 4.22. The molecule has 0 aliphatic rings. The van der Waals surface area contributed by atoms with Crippen molar-refractivity contribution in [2.45, 2.75) is 13.8 Å². The molecule has 0 bridgehead atoms. The van der Waals surface area contributed by atoms with E-state index in [1.54, 1.807) is 4.68 Å². The zero-order valence-corrected chi connectivity index (χ0v) is 10.7. The molecule has 0 atom stereocenters. The third-order valence-electron chi connectivity index (χ3n) is 2.14. The van der Waals surface area contributed by atoms with Gasteiger partial charge in [-0.15, -0.1) is 5.10 Å². The summed E-state index contributed by atoms with van der Waals surface area (Å²) in [5.74, 6) is 0.699. The monoisotopic (exact) mass is 281 g/mol. The number of ether oxygens (including phenoxy) is 1. The zero-order valence-electron chi connectivity index (χ0n) is 9.14. The van der Waals surface area contributed by atoms with Gasteiger partial charge in [-0.25, -0.2) is 0 Å². The van der Waals surface area contributed by atoms with Crippen molar-refractivity contribution in [2.24, 2.45) is 0 Å². The molecular weight excluding hydrogens is 270 g/mol. The molecule has 0 fully saturated rings. The van der Waals surface area contributed by atoms with Crippen molar-refractivity contribution in [2.75, 3.05) is 6.61 Å². The molecule has 5 heteroatoms. The molecule has 0 amide bonds. The Hall–Kier alpha value is -1.36. The summed E-state index contributed by atoms with van der Waals surface area (Å²) in [5, 5.41) is 8.07. The summed E-state index contributed by atoms with van der Waals surface area (Å²) in [4.78, 5) is 0. The van der Waals surface area contributed by atoms with Gasteiger partial charge in [0.2, 0.25) is 5.88 Å². The summed E-state index contributed by atoms with van der Waals surface area (Å²) in [5.41, 5.74) is 1.73. The molecule has 0 unspecified atom stereocenters. The SMILES string of the molecule is CCOc1c(C)nnn1-c1ccc(Br)cc1. The van der Waals surface area contributed by atoms with Crippen molar-refractivity contribution >= 4 is 15.9 Å². The second kappa shape index (κ2) is 4.65. The average molecular weight is 282 g/mol. The summed E-state index contributed by atoms with van der Waals surface area (Å²) < 4.78 is 8.25. The van der Waals surface area contributed by atoms with Gasteiger partial charge in [-0.05, 0) is 38.1 Å². The molecule has 0 saturated heterocycles. The van der Waals surface area contributed by atoms with Crippen molar-refractivity contribution in [1.82, 2.24) is 15.0 Å². The van der Waals surface area contributed by atoms with Gasteiger partial charge in [0, 0.05) is 4.47 Å². The highest BCUT2D eigenvalue weighted by Gasteiger charge is 2.11. The molecular formula is C11H12BrN3O. The molecule has 0 aliphatic carbocycles. The number of halogens is 1. The van der Waals surface area contributed by atoms with E-state index in [-0.39, 0.29) is 0 Å². The molecule has 16 heavy (non-hydrogen) atoms. The zero-order chi connectivity index (χ0) is 11.5. The summed E-state index contributed by atoms with van der Waals surface area (Å²) >= 11 is 3.40. The van der Waals surface area contributed by atoms with E-state index in [0.29, 0.717) is 12.5 Å². The molecule has 0 N–H and O–H groups in total. The number of nitrogens with zero attached hydrogens (tertiary/aromatic N) is 3. The highest BCUT2D eigenvalue weighted by atomic mass is 79.9. The Morgan fingerprint density at radius 3 is 2.62 bits per heavy atom. The van der Waals surface area contributed by atoms with Crippen molar-refractivity contribution in [3.05, 3.63) is 34.4 Å². The minimum Gasteiger partial charge on any atom is -0.477 e. The Balaban J connectivity index is 2.43. The van der Waals surface area contributed by atoms with Gasteiger partial charge in [0.05, 0.1) is 12.3 Å². The molecule has 2 rings (SSSR count). The molecule has 0 aliphatic heterocycles. The predicted octanol–water partition coefficient (Wildman–Crippen LogP) is 2.74. The summed E-state index contributed by atoms with van der Waals surface area (Å²) in [6.45, 7) is 4.43. The molecule has 84 valence electrons. The standard InChI is InChI=1S/C11H12BrN3O/c1-3-16-11-8(2)13-14-15(11)10-6-4-9(12)5-7-10/h4-7H,3H2,1-2H3. The summed E-state index contributed by atoms with van der Waals surface area (Å²) in [7, 11) is 0. The summed E-state index contributed by atoms with van der Waals surface area (Å²) in [6.07, 6.45) is 0. The van der Waals surface area contributed by atoms with E-state index < -0.39 is 0 Å². The highest BCUT2D eigenvalue weighted by molar-refractivity contribution is 9.10. The Kier molecular flexibility index (Phi) is 3.24. The first kappa shape index (κ1) is 11.1. The van der Waals surface area contributed by atoms with Gasteiger partial charge >= 0.3 is 0 Å². The molecule has 1 heterocycles. The quantitative estimate of drug-likeness (QED) is 0.869. The first-order valence-electron chi connectivity index (χ1n) is 5.03. The Bertz CT molecular complexity index is 478. The molecule has 0 spiro atoms. The van der Waals surface area contributed by atoms with Crippen molar-refractivity contribution in [3.8, 4) is 11.6 Å². The van der Waals surface area contributed by atoms with E-state index in [0.717, 1.165) is 15.9 Å². The lowest BCUT2D eigenvalue weighted by atomic mass is 10.3. The van der Waals surface area contributed by atoms with Crippen LogP contribution in [-0.4, -0.2) is 21.6 Å². The first-order chi connectivity index (χ1) is 7.72. The number of hydrogen-bond donors (Lipinski definition) is 0. The lowest BCUT2D eigenvalue weighted by Crippen LogP contribution is -2.03. The van der Waals surface area contributed by atoms with E-state index in [4.69, 9.17) is 4.74 Å². The van der Waals surface area contributed by atoms with E-state index >= 15 is 0 Å². The lowest BCUT2D eigenvalue weighted by molar-refractivity contribution is 0.314. The fourth-order valence-electron chi connectivity index (χ4n) is 1.40. The molecule has 0 radical (unpaired) electrons. The van der Waals surface area contributed by atoms with Gasteiger partial charge in [0.15, 0.2) is 0 Å². The Labute approximate surface area is 102 Å². The van der Waals surface area contributed by atoms with Crippen molar-refractivity contribution in [1.29, 1.82) is 0 Å². The van der Waals surface area contributed by atoms with Crippen LogP contribution < -0.4 is 4.74 Å². The van der Waals surface area contributed by atoms with E-state index in [1.807, 2.05) is 38.1 Å². The van der Waals surface area contributed by atoms with Crippen molar-refractivity contribution in [3.63, 3.8) is 0 Å². The first-order valence-corrected chi connectivity index (χ1v) is 5.82. The van der Waals surface area contributed by atoms with E-state index in [1.165, 1.54) is 0 Å². The molecule has 1 aromatic heterocycles. The average Bonchev–Trinajstić information content (AvgIpc) is 2.63. The smallest absolute Gasteiger partial charge is 0.240 e. The minimum absolute atomic E-state index is 0.602. The third-order valence-corrected chi connectivity index (χ3v) is 2.67. The topological polar surface area (TPSA) is 39.9 Å². The summed E-state index contributed by atoms with van der Waals surface area (Å²) in [6, 6.07) is 7.84. The van der Waals surface area contributed by atoms with Gasteiger partial charge in [0.25, 0.3) is 0 Å². The number of hydrogen-bond acceptors (Lipinski definition) is 3. The maximum absolute atomic E-state index is 5.52. The predicted molar refractivity (Wildman–Crippen MR) is 65.0 cm³/mol. The van der Waals surface area contributed by atoms with Crippen LogP contribution in [-0.2, 0) is 0 Å². The Morgan fingerprint density at radius 2 is 2.00 bits per heavy atom. The van der Waals surface area contributed by atoms with Crippen LogP contribution in [0.1, 0.15) is 12.6 Å². The maximum Gasteiger partial charge on any atom is 0.240 e. The fourth-order valence-corrected chi connectivity index (χ4v) is 1.67. The van der Waals surface area contributed by atoms with Crippen LogP contribution in [0.5, 0.6) is 5.88 Å². The lowest BCUT2D eigenvalue weighted by Gasteiger charge is -2.07. The normalized spacial score (nSPS) is 10.4. The number of benzene rings is 1. The van der Waals surface area contributed by atoms with Crippen LogP contribution >= 0.6 is 15.9 Å². The minimum atomic E-state index is 0.602. The van der Waals surface area contributed by atoms with Crippen molar-refractivity contribution < 1.29 is 4.74 Å². The molecule has 1 aromatic carbocycles. The van der Waals surface area contributed by atoms with Crippen LogP contribution in [0.2, 0.25) is 0 Å². The Morgan fingerprint density at radius 1 is 1.31 bits per heavy atom. The second-order valence-electron chi connectivity index (χ2n) is 3.30. The third kappa shape index (κ3) is 2.09. The van der Waals surface area contributed by atoms with E-state index in [9.17, 15) is 0 Å². The van der Waals surface area contributed by atoms with Crippen LogP contribution in [0, 0.1) is 6.92 Å². The molecule has 4 nitrogen and oxygen atoms in total. The van der Waals surface area contributed by atoms with Crippen LogP contribution in [0.4, 0.5) is 0 Å². The number of aryl methyl sites for hydroxylation is 1. The molecule has 0 saturated carbocycles. The fraction of sp³-hybridized carbons (Fsp3) is 0.273. The molecule has 2 aromatic rings. The van der Waals surface area contributed by atoms with Crippen LogP contribution in [0.25, 0.3) is 5.69 Å². The highest BCUT2D eigenvalue weighted by Crippen LogP contribution is 2.21. The van der Waals surface area contributed by atoms with Gasteiger partial charge in [0.1, 0.15) is 5.69 Å². The maximum atomic E-state index is 5.52. The van der Waals surface area contributed by atoms with Gasteiger partial charge in [-0.1, -0.05) is 21.1 Å². The van der Waals surface area contributed by atoms with Gasteiger partial charge in [-0.2, -0.15) is 4.68 Å². The number of aromatic nitrogens is 3. The number of rotatable bonds is 3. The van der Waals surface area contributed by atoms with Crippen LogP contribution in [0.3, 0.4) is 0 Å².